The van der Waals surface area contributed by atoms with E-state index in [1.807, 2.05) is 17.6 Å². The monoisotopic (exact) mass is 371 g/mol. The maximum atomic E-state index is 12.6. The van der Waals surface area contributed by atoms with Crippen LogP contribution in [0.15, 0.2) is 35.1 Å². The molecule has 0 N–H and O–H groups in total. The molecule has 0 aliphatic carbocycles. The second-order valence-electron chi connectivity index (χ2n) is 6.82. The Kier molecular flexibility index (Phi) is 5.57. The van der Waals surface area contributed by atoms with E-state index < -0.39 is 0 Å². The molecule has 6 nitrogen and oxygen atoms in total. The molecule has 0 amide bonds. The third kappa shape index (κ3) is 4.08. The Labute approximate surface area is 158 Å². The van der Waals surface area contributed by atoms with Gasteiger partial charge in [0.25, 0.3) is 5.56 Å². The minimum Gasteiger partial charge on any atom is -0.491 e. The van der Waals surface area contributed by atoms with Crippen molar-refractivity contribution in [2.75, 3.05) is 33.0 Å². The van der Waals surface area contributed by atoms with Crippen molar-refractivity contribution in [2.45, 2.75) is 32.6 Å². The van der Waals surface area contributed by atoms with Gasteiger partial charge in [-0.3, -0.25) is 4.79 Å². The van der Waals surface area contributed by atoms with Crippen molar-refractivity contribution in [1.29, 1.82) is 0 Å². The molecule has 0 radical (unpaired) electrons. The first-order chi connectivity index (χ1) is 13.2. The smallest absolute Gasteiger partial charge is 0.254 e. The van der Waals surface area contributed by atoms with Gasteiger partial charge in [-0.25, -0.2) is 0 Å². The molecular weight excluding hydrogens is 346 g/mol. The van der Waals surface area contributed by atoms with Crippen LogP contribution in [0.25, 0.3) is 11.3 Å². The summed E-state index contributed by atoms with van der Waals surface area (Å²) in [6, 6.07) is 9.83. The largest absolute Gasteiger partial charge is 0.491 e. The molecule has 144 valence electrons. The van der Waals surface area contributed by atoms with Crippen LogP contribution in [0.2, 0.25) is 0 Å². The molecule has 0 saturated carbocycles. The molecule has 6 heteroatoms. The molecular formula is C21H25NO5. The summed E-state index contributed by atoms with van der Waals surface area (Å²) in [6.07, 6.45) is 0.751. The average molecular weight is 371 g/mol. The van der Waals surface area contributed by atoms with Crippen LogP contribution in [0, 0.1) is 0 Å². The van der Waals surface area contributed by atoms with Gasteiger partial charge in [0.05, 0.1) is 32.1 Å². The number of pyridine rings is 1. The summed E-state index contributed by atoms with van der Waals surface area (Å²) in [6.45, 7) is 6.09. The highest BCUT2D eigenvalue weighted by Crippen LogP contribution is 2.31. The van der Waals surface area contributed by atoms with Crippen molar-refractivity contribution in [3.05, 3.63) is 51.8 Å². The predicted octanol–water partition coefficient (Wildman–Crippen LogP) is 2.40. The molecule has 1 aromatic carbocycles. The number of fused-ring (bicyclic) bond motifs is 3. The Morgan fingerprint density at radius 2 is 2.15 bits per heavy atom. The number of benzene rings is 1. The minimum atomic E-state index is -0.0917. The van der Waals surface area contributed by atoms with E-state index >= 15 is 0 Å². The molecule has 1 saturated heterocycles. The van der Waals surface area contributed by atoms with E-state index in [0.717, 1.165) is 23.2 Å². The Balaban J connectivity index is 1.57. The SMILES string of the molecule is CCOCc1ccc2c(c1)CCn1c-2cc(OC[C@@H]2COCCO2)cc1=O. The Morgan fingerprint density at radius 1 is 1.22 bits per heavy atom. The first-order valence-electron chi connectivity index (χ1n) is 9.51. The summed E-state index contributed by atoms with van der Waals surface area (Å²) in [5.41, 5.74) is 4.36. The minimum absolute atomic E-state index is 0.0349. The number of aryl methyl sites for hydroxylation is 1. The van der Waals surface area contributed by atoms with Gasteiger partial charge in [0.2, 0.25) is 0 Å². The van der Waals surface area contributed by atoms with E-state index in [0.29, 0.717) is 51.9 Å². The van der Waals surface area contributed by atoms with Crippen molar-refractivity contribution in [1.82, 2.24) is 4.57 Å². The lowest BCUT2D eigenvalue weighted by atomic mass is 9.95. The fourth-order valence-electron chi connectivity index (χ4n) is 3.58. The summed E-state index contributed by atoms with van der Waals surface area (Å²) in [5, 5.41) is 0. The third-order valence-corrected chi connectivity index (χ3v) is 4.95. The van der Waals surface area contributed by atoms with Crippen molar-refractivity contribution in [3.63, 3.8) is 0 Å². The van der Waals surface area contributed by atoms with Gasteiger partial charge in [0.1, 0.15) is 18.5 Å². The van der Waals surface area contributed by atoms with E-state index in [1.165, 1.54) is 5.56 Å². The lowest BCUT2D eigenvalue weighted by Gasteiger charge is -2.25. The Hall–Kier alpha value is -2.15. The molecule has 0 unspecified atom stereocenters. The summed E-state index contributed by atoms with van der Waals surface area (Å²) in [7, 11) is 0. The summed E-state index contributed by atoms with van der Waals surface area (Å²) in [4.78, 5) is 12.6. The Morgan fingerprint density at radius 3 is 2.96 bits per heavy atom. The zero-order valence-corrected chi connectivity index (χ0v) is 15.6. The molecule has 2 aliphatic heterocycles. The molecule has 4 rings (SSSR count). The van der Waals surface area contributed by atoms with Crippen molar-refractivity contribution in [3.8, 4) is 17.0 Å². The second-order valence-corrected chi connectivity index (χ2v) is 6.82. The molecule has 1 fully saturated rings. The normalized spacial score (nSPS) is 18.6. The van der Waals surface area contributed by atoms with Crippen LogP contribution in [0.5, 0.6) is 5.75 Å². The van der Waals surface area contributed by atoms with E-state index in [9.17, 15) is 4.79 Å². The molecule has 1 atom stereocenters. The highest BCUT2D eigenvalue weighted by Gasteiger charge is 2.20. The molecule has 0 spiro atoms. The van der Waals surface area contributed by atoms with Crippen LogP contribution in [0.1, 0.15) is 18.1 Å². The van der Waals surface area contributed by atoms with Gasteiger partial charge in [-0.1, -0.05) is 18.2 Å². The zero-order valence-electron chi connectivity index (χ0n) is 15.6. The van der Waals surface area contributed by atoms with Crippen molar-refractivity contribution in [2.24, 2.45) is 0 Å². The molecule has 2 aliphatic rings. The van der Waals surface area contributed by atoms with E-state index in [4.69, 9.17) is 18.9 Å². The number of ether oxygens (including phenoxy) is 4. The maximum Gasteiger partial charge on any atom is 0.254 e. The average Bonchev–Trinajstić information content (AvgIpc) is 2.71. The number of nitrogens with zero attached hydrogens (tertiary/aromatic N) is 1. The molecule has 3 heterocycles. The number of rotatable bonds is 6. The van der Waals surface area contributed by atoms with E-state index in [-0.39, 0.29) is 11.7 Å². The van der Waals surface area contributed by atoms with Crippen molar-refractivity contribution >= 4 is 0 Å². The lowest BCUT2D eigenvalue weighted by molar-refractivity contribution is -0.101. The van der Waals surface area contributed by atoms with Gasteiger partial charge in [-0.15, -0.1) is 0 Å². The fourth-order valence-corrected chi connectivity index (χ4v) is 3.58. The first-order valence-corrected chi connectivity index (χ1v) is 9.51. The highest BCUT2D eigenvalue weighted by molar-refractivity contribution is 5.67. The first kappa shape index (κ1) is 18.2. The predicted molar refractivity (Wildman–Crippen MR) is 101 cm³/mol. The Bertz CT molecular complexity index is 854. The van der Waals surface area contributed by atoms with Crippen LogP contribution in [-0.4, -0.2) is 43.7 Å². The van der Waals surface area contributed by atoms with Crippen LogP contribution in [-0.2, 0) is 33.8 Å². The standard InChI is InChI=1S/C21H25NO5/c1-2-24-12-15-3-4-19-16(9-15)5-6-22-20(19)10-17(11-21(22)23)27-14-18-13-25-7-8-26-18/h3-4,9-11,18H,2,5-8,12-14H2,1H3/t18-/m0/s1. The molecule has 2 aromatic rings. The third-order valence-electron chi connectivity index (χ3n) is 4.95. The molecule has 0 bridgehead atoms. The summed E-state index contributed by atoms with van der Waals surface area (Å²) in [5.74, 6) is 0.576. The maximum absolute atomic E-state index is 12.6. The fraction of sp³-hybridized carbons (Fsp3) is 0.476. The second kappa shape index (κ2) is 8.25. The van der Waals surface area contributed by atoms with Crippen LogP contribution < -0.4 is 10.3 Å². The number of hydrogen-bond donors (Lipinski definition) is 0. The quantitative estimate of drug-likeness (QED) is 0.780. The van der Waals surface area contributed by atoms with Crippen LogP contribution >= 0.6 is 0 Å². The highest BCUT2D eigenvalue weighted by atomic mass is 16.6. The zero-order chi connectivity index (χ0) is 18.6. The van der Waals surface area contributed by atoms with Gasteiger partial charge >= 0.3 is 0 Å². The molecule has 1 aromatic heterocycles. The van der Waals surface area contributed by atoms with Gasteiger partial charge in [0, 0.05) is 30.8 Å². The molecule has 27 heavy (non-hydrogen) atoms. The van der Waals surface area contributed by atoms with Crippen LogP contribution in [0.3, 0.4) is 0 Å². The number of aromatic nitrogens is 1. The van der Waals surface area contributed by atoms with Gasteiger partial charge in [-0.05, 0) is 24.5 Å². The van der Waals surface area contributed by atoms with Gasteiger partial charge in [-0.2, -0.15) is 0 Å². The number of hydrogen-bond acceptors (Lipinski definition) is 5. The van der Waals surface area contributed by atoms with Crippen LogP contribution in [0.4, 0.5) is 0 Å². The van der Waals surface area contributed by atoms with Gasteiger partial charge < -0.3 is 23.5 Å². The summed E-state index contributed by atoms with van der Waals surface area (Å²) >= 11 is 0. The van der Waals surface area contributed by atoms with Crippen molar-refractivity contribution < 1.29 is 18.9 Å². The van der Waals surface area contributed by atoms with E-state index in [2.05, 4.69) is 18.2 Å². The topological polar surface area (TPSA) is 58.9 Å². The summed E-state index contributed by atoms with van der Waals surface area (Å²) < 4.78 is 24.2. The van der Waals surface area contributed by atoms with E-state index in [1.54, 1.807) is 6.07 Å². The lowest BCUT2D eigenvalue weighted by Crippen LogP contribution is -2.33. The van der Waals surface area contributed by atoms with Gasteiger partial charge in [0.15, 0.2) is 0 Å².